The summed E-state index contributed by atoms with van der Waals surface area (Å²) in [5.41, 5.74) is 4.00. The van der Waals surface area contributed by atoms with Gasteiger partial charge in [-0.1, -0.05) is 6.07 Å². The molecule has 0 spiro atoms. The van der Waals surface area contributed by atoms with Crippen molar-refractivity contribution < 1.29 is 42.0 Å². The molecule has 12 N–H and O–H groups in total. The van der Waals surface area contributed by atoms with Gasteiger partial charge in [0.05, 0.1) is 29.5 Å². The third kappa shape index (κ3) is 7.70. The molecule has 42 heavy (non-hydrogen) atoms. The van der Waals surface area contributed by atoms with E-state index in [9.17, 15) is 4.39 Å². The number of hydrogen-bond acceptors (Lipinski definition) is 6. The van der Waals surface area contributed by atoms with E-state index >= 15 is 0 Å². The third-order valence-electron chi connectivity index (χ3n) is 7.57. The van der Waals surface area contributed by atoms with E-state index in [1.165, 1.54) is 0 Å². The molecule has 2 aromatic carbocycles. The van der Waals surface area contributed by atoms with Crippen LogP contribution in [0.25, 0.3) is 21.8 Å². The Morgan fingerprint density at radius 2 is 1.31 bits per heavy atom. The van der Waals surface area contributed by atoms with Crippen LogP contribution in [-0.2, 0) is 0 Å². The van der Waals surface area contributed by atoms with Gasteiger partial charge in [-0.25, -0.2) is 4.39 Å². The molecule has 0 unspecified atom stereocenters. The Morgan fingerprint density at radius 1 is 0.714 bits per heavy atom. The SMILES string of the molecule is COc1cc(N2CCN(C3CCN(c4ccc(F)c5cccnc45)CC3)CC2)c2ncccc2c1.Cl.O.O.O.O.O.O. The highest BCUT2D eigenvalue weighted by Crippen LogP contribution is 2.33. The molecule has 0 radical (unpaired) electrons. The van der Waals surface area contributed by atoms with Crippen LogP contribution in [0.1, 0.15) is 12.8 Å². The molecular formula is C28H43ClFN5O7. The molecule has 0 saturated carbocycles. The topological polar surface area (TPSA) is 234 Å². The number of hydrogen-bond donors (Lipinski definition) is 0. The Labute approximate surface area is 250 Å². The van der Waals surface area contributed by atoms with Crippen LogP contribution in [0.2, 0.25) is 0 Å². The smallest absolute Gasteiger partial charge is 0.132 e. The Hall–Kier alpha value is -3.40. The fraction of sp³-hybridized carbons (Fsp3) is 0.357. The van der Waals surface area contributed by atoms with Crippen LogP contribution >= 0.6 is 12.4 Å². The van der Waals surface area contributed by atoms with Gasteiger partial charge in [0.2, 0.25) is 0 Å². The van der Waals surface area contributed by atoms with Crippen molar-refractivity contribution in [1.29, 1.82) is 0 Å². The summed E-state index contributed by atoms with van der Waals surface area (Å²) in [6, 6.07) is 15.9. The molecule has 2 saturated heterocycles. The Balaban J connectivity index is 0. The summed E-state index contributed by atoms with van der Waals surface area (Å²) in [6.45, 7) is 5.96. The van der Waals surface area contributed by atoms with Crippen molar-refractivity contribution in [1.82, 2.24) is 14.9 Å². The first-order valence-corrected chi connectivity index (χ1v) is 12.4. The summed E-state index contributed by atoms with van der Waals surface area (Å²) in [5.74, 6) is 0.668. The lowest BCUT2D eigenvalue weighted by molar-refractivity contribution is 0.160. The van der Waals surface area contributed by atoms with Crippen LogP contribution in [0.4, 0.5) is 15.8 Å². The second-order valence-corrected chi connectivity index (χ2v) is 9.43. The highest BCUT2D eigenvalue weighted by atomic mass is 35.5. The first kappa shape index (κ1) is 40.7. The summed E-state index contributed by atoms with van der Waals surface area (Å²) < 4.78 is 19.8. The minimum atomic E-state index is -0.205. The van der Waals surface area contributed by atoms with Gasteiger partial charge in [0.15, 0.2) is 0 Å². The van der Waals surface area contributed by atoms with Crippen LogP contribution in [0.15, 0.2) is 60.9 Å². The molecular weight excluding hydrogens is 573 g/mol. The molecule has 0 atom stereocenters. The molecule has 4 heterocycles. The largest absolute Gasteiger partial charge is 0.497 e. The van der Waals surface area contributed by atoms with Gasteiger partial charge in [-0.05, 0) is 49.2 Å². The minimum absolute atomic E-state index is 0. The normalized spacial score (nSPS) is 14.9. The minimum Gasteiger partial charge on any atom is -0.497 e. The zero-order chi connectivity index (χ0) is 23.8. The average Bonchev–Trinajstić information content (AvgIpc) is 2.93. The van der Waals surface area contributed by atoms with Crippen LogP contribution in [0, 0.1) is 5.82 Å². The van der Waals surface area contributed by atoms with Crippen molar-refractivity contribution in [2.45, 2.75) is 18.9 Å². The molecule has 2 aliphatic rings. The Kier molecular flexibility index (Phi) is 17.0. The Bertz CT molecular complexity index is 1370. The number of benzene rings is 2. The number of piperazine rings is 1. The van der Waals surface area contributed by atoms with Gasteiger partial charge in [0.1, 0.15) is 11.6 Å². The predicted molar refractivity (Wildman–Crippen MR) is 168 cm³/mol. The van der Waals surface area contributed by atoms with Gasteiger partial charge < -0.3 is 47.4 Å². The van der Waals surface area contributed by atoms with E-state index < -0.39 is 0 Å². The molecule has 0 amide bonds. The molecule has 12 nitrogen and oxygen atoms in total. The van der Waals surface area contributed by atoms with E-state index in [0.29, 0.717) is 11.4 Å². The lowest BCUT2D eigenvalue weighted by atomic mass is 10.0. The van der Waals surface area contributed by atoms with Crippen molar-refractivity contribution in [2.24, 2.45) is 0 Å². The molecule has 6 rings (SSSR count). The molecule has 2 fully saturated rings. The zero-order valence-electron chi connectivity index (χ0n) is 23.4. The van der Waals surface area contributed by atoms with Crippen molar-refractivity contribution >= 4 is 45.6 Å². The number of ether oxygens (including phenoxy) is 1. The maximum absolute atomic E-state index is 14.2. The highest BCUT2D eigenvalue weighted by molar-refractivity contribution is 5.92. The van der Waals surface area contributed by atoms with Crippen LogP contribution in [0.3, 0.4) is 0 Å². The summed E-state index contributed by atoms with van der Waals surface area (Å²) in [5, 5.41) is 1.71. The van der Waals surface area contributed by atoms with Crippen LogP contribution < -0.4 is 14.5 Å². The number of halogens is 2. The van der Waals surface area contributed by atoms with Gasteiger partial charge >= 0.3 is 0 Å². The lowest BCUT2D eigenvalue weighted by Crippen LogP contribution is -2.53. The number of methoxy groups -OCH3 is 1. The molecule has 14 heteroatoms. The second-order valence-electron chi connectivity index (χ2n) is 9.43. The molecule has 236 valence electrons. The third-order valence-corrected chi connectivity index (χ3v) is 7.57. The quantitative estimate of drug-likeness (QED) is 0.310. The van der Waals surface area contributed by atoms with Crippen molar-refractivity contribution in [3.63, 3.8) is 0 Å². The maximum atomic E-state index is 14.2. The monoisotopic (exact) mass is 615 g/mol. The van der Waals surface area contributed by atoms with Crippen LogP contribution in [-0.4, -0.2) is 100 Å². The molecule has 2 aliphatic heterocycles. The van der Waals surface area contributed by atoms with E-state index in [1.807, 2.05) is 24.4 Å². The van der Waals surface area contributed by atoms with Gasteiger partial charge in [-0.3, -0.25) is 14.9 Å². The number of aromatic nitrogens is 2. The molecule has 4 aromatic rings. The molecule has 0 aliphatic carbocycles. The fourth-order valence-electron chi connectivity index (χ4n) is 5.68. The van der Waals surface area contributed by atoms with E-state index in [0.717, 1.165) is 85.7 Å². The summed E-state index contributed by atoms with van der Waals surface area (Å²) in [7, 11) is 1.72. The predicted octanol–water partition coefficient (Wildman–Crippen LogP) is 0.195. The van der Waals surface area contributed by atoms with Gasteiger partial charge in [-0.15, -0.1) is 12.4 Å². The maximum Gasteiger partial charge on any atom is 0.132 e. The number of rotatable bonds is 4. The Morgan fingerprint density at radius 3 is 1.95 bits per heavy atom. The molecule has 0 bridgehead atoms. The first-order valence-electron chi connectivity index (χ1n) is 12.4. The van der Waals surface area contributed by atoms with E-state index in [1.54, 1.807) is 25.4 Å². The highest BCUT2D eigenvalue weighted by Gasteiger charge is 2.29. The van der Waals surface area contributed by atoms with Gasteiger partial charge in [0.25, 0.3) is 0 Å². The summed E-state index contributed by atoms with van der Waals surface area (Å²) >= 11 is 0. The van der Waals surface area contributed by atoms with Crippen molar-refractivity contribution in [3.05, 3.63) is 66.7 Å². The summed E-state index contributed by atoms with van der Waals surface area (Å²) in [4.78, 5) is 16.6. The van der Waals surface area contributed by atoms with Crippen molar-refractivity contribution in [2.75, 3.05) is 56.2 Å². The van der Waals surface area contributed by atoms with Crippen molar-refractivity contribution in [3.8, 4) is 5.75 Å². The number of piperidine rings is 1. The van der Waals surface area contributed by atoms with Crippen LogP contribution in [0.5, 0.6) is 5.75 Å². The van der Waals surface area contributed by atoms with E-state index in [2.05, 4.69) is 42.9 Å². The molecule has 2 aromatic heterocycles. The van der Waals surface area contributed by atoms with Gasteiger partial charge in [0, 0.05) is 74.5 Å². The number of pyridine rings is 2. The lowest BCUT2D eigenvalue weighted by Gasteiger charge is -2.44. The number of fused-ring (bicyclic) bond motifs is 2. The van der Waals surface area contributed by atoms with E-state index in [-0.39, 0.29) is 51.1 Å². The zero-order valence-corrected chi connectivity index (χ0v) is 24.3. The van der Waals surface area contributed by atoms with E-state index in [4.69, 9.17) is 4.74 Å². The average molecular weight is 616 g/mol. The number of anilines is 2. The summed E-state index contributed by atoms with van der Waals surface area (Å²) in [6.07, 6.45) is 5.82. The fourth-order valence-corrected chi connectivity index (χ4v) is 5.68. The standard InChI is InChI=1S/C28H30FN5O.ClH.6H2O/c1-35-22-18-20-4-2-10-30-27(20)26(19-22)34-16-14-32(15-17-34)21-8-12-33(13-9-21)25-7-6-24(29)23-5-3-11-31-28(23)25;;;;;;;/h2-7,10-11,18-19,21H,8-9,12-17H2,1H3;1H;6*1H2. The first-order chi connectivity index (χ1) is 17.2. The number of nitrogens with zero attached hydrogens (tertiary/aromatic N) is 5. The van der Waals surface area contributed by atoms with Gasteiger partial charge in [-0.2, -0.15) is 0 Å². The second kappa shape index (κ2) is 17.5.